The van der Waals surface area contributed by atoms with Crippen LogP contribution in [0.4, 0.5) is 0 Å². The molecule has 6 heteroatoms. The summed E-state index contributed by atoms with van der Waals surface area (Å²) in [6, 6.07) is 14.6. The Morgan fingerprint density at radius 3 is 2.62 bits per heavy atom. The summed E-state index contributed by atoms with van der Waals surface area (Å²) in [6.07, 6.45) is 0.129. The number of nitrogens with zero attached hydrogens (tertiary/aromatic N) is 2. The van der Waals surface area contributed by atoms with Crippen molar-refractivity contribution in [1.29, 1.82) is 0 Å². The predicted octanol–water partition coefficient (Wildman–Crippen LogP) is 3.26. The largest absolute Gasteiger partial charge is 0.493 e. The van der Waals surface area contributed by atoms with Gasteiger partial charge in [0, 0.05) is 26.7 Å². The van der Waals surface area contributed by atoms with E-state index >= 15 is 0 Å². The number of ether oxygens (including phenoxy) is 3. The smallest absolute Gasteiger partial charge is 0.161 e. The summed E-state index contributed by atoms with van der Waals surface area (Å²) in [7, 11) is 3.33. The van der Waals surface area contributed by atoms with Gasteiger partial charge in [0.2, 0.25) is 0 Å². The van der Waals surface area contributed by atoms with E-state index in [1.807, 2.05) is 12.1 Å². The lowest BCUT2D eigenvalue weighted by Crippen LogP contribution is -2.23. The van der Waals surface area contributed by atoms with Gasteiger partial charge in [-0.05, 0) is 30.2 Å². The fourth-order valence-electron chi connectivity index (χ4n) is 3.96. The molecular formula is C23H28N2O4. The first-order valence-corrected chi connectivity index (χ1v) is 9.99. The fourth-order valence-corrected chi connectivity index (χ4v) is 3.96. The van der Waals surface area contributed by atoms with Gasteiger partial charge in [0.05, 0.1) is 25.3 Å². The highest BCUT2D eigenvalue weighted by molar-refractivity contribution is 6.03. The summed E-state index contributed by atoms with van der Waals surface area (Å²) in [5.74, 6) is 1.80. The minimum Gasteiger partial charge on any atom is -0.493 e. The zero-order chi connectivity index (χ0) is 20.2. The predicted molar refractivity (Wildman–Crippen MR) is 112 cm³/mol. The molecule has 0 aliphatic carbocycles. The SMILES string of the molecule is COCCOc1ccc(CN2C[C@@H]3ON=C(c4ccc(C)cc4)[C@H]3C2)cc1OC. The van der Waals surface area contributed by atoms with Gasteiger partial charge in [0.25, 0.3) is 0 Å². The first-order valence-electron chi connectivity index (χ1n) is 9.99. The van der Waals surface area contributed by atoms with Crippen molar-refractivity contribution in [2.75, 3.05) is 40.5 Å². The Morgan fingerprint density at radius 1 is 1.03 bits per heavy atom. The van der Waals surface area contributed by atoms with Gasteiger partial charge in [-0.3, -0.25) is 4.90 Å². The molecule has 2 heterocycles. The number of likely N-dealkylation sites (tertiary alicyclic amines) is 1. The van der Waals surface area contributed by atoms with Gasteiger partial charge in [-0.25, -0.2) is 0 Å². The van der Waals surface area contributed by atoms with Crippen molar-refractivity contribution in [1.82, 2.24) is 4.90 Å². The molecule has 0 aromatic heterocycles. The van der Waals surface area contributed by atoms with Gasteiger partial charge in [0.15, 0.2) is 11.5 Å². The lowest BCUT2D eigenvalue weighted by Gasteiger charge is -2.18. The second kappa shape index (κ2) is 8.84. The minimum absolute atomic E-state index is 0.129. The molecule has 2 aliphatic heterocycles. The molecule has 0 saturated carbocycles. The maximum absolute atomic E-state index is 5.75. The average molecular weight is 396 g/mol. The van der Waals surface area contributed by atoms with E-state index in [0.717, 1.165) is 42.4 Å². The van der Waals surface area contributed by atoms with Crippen LogP contribution >= 0.6 is 0 Å². The molecule has 0 amide bonds. The van der Waals surface area contributed by atoms with Crippen LogP contribution in [0, 0.1) is 12.8 Å². The molecule has 29 heavy (non-hydrogen) atoms. The molecule has 6 nitrogen and oxygen atoms in total. The third-order valence-corrected chi connectivity index (χ3v) is 5.51. The first-order chi connectivity index (χ1) is 14.2. The standard InChI is InChI=1S/C23H28N2O4/c1-16-4-7-18(8-5-16)23-19-14-25(15-22(19)29-24-23)13-17-6-9-20(21(12-17)27-3)28-11-10-26-2/h4-9,12,19,22H,10-11,13-15H2,1-3H3/t19-,22-/m0/s1. The van der Waals surface area contributed by atoms with Crippen molar-refractivity contribution in [2.24, 2.45) is 11.1 Å². The van der Waals surface area contributed by atoms with Crippen molar-refractivity contribution in [3.63, 3.8) is 0 Å². The molecule has 4 rings (SSSR count). The van der Waals surface area contributed by atoms with Gasteiger partial charge in [-0.15, -0.1) is 0 Å². The molecular weight excluding hydrogens is 368 g/mol. The van der Waals surface area contributed by atoms with E-state index in [9.17, 15) is 0 Å². The van der Waals surface area contributed by atoms with Gasteiger partial charge < -0.3 is 19.0 Å². The van der Waals surface area contributed by atoms with E-state index in [2.05, 4.69) is 47.3 Å². The normalized spacial score (nSPS) is 20.9. The maximum Gasteiger partial charge on any atom is 0.161 e. The Kier molecular flexibility index (Phi) is 6.02. The average Bonchev–Trinajstić information content (AvgIpc) is 3.30. The van der Waals surface area contributed by atoms with Crippen LogP contribution < -0.4 is 9.47 Å². The first kappa shape index (κ1) is 19.7. The van der Waals surface area contributed by atoms with Crippen molar-refractivity contribution in [3.05, 3.63) is 59.2 Å². The maximum atomic E-state index is 5.75. The summed E-state index contributed by atoms with van der Waals surface area (Å²) in [4.78, 5) is 8.17. The van der Waals surface area contributed by atoms with Crippen LogP contribution in [-0.2, 0) is 16.1 Å². The second-order valence-corrected chi connectivity index (χ2v) is 7.61. The molecule has 0 unspecified atom stereocenters. The van der Waals surface area contributed by atoms with Crippen molar-refractivity contribution < 1.29 is 19.0 Å². The summed E-state index contributed by atoms with van der Waals surface area (Å²) >= 11 is 0. The summed E-state index contributed by atoms with van der Waals surface area (Å²) in [5, 5.41) is 4.38. The van der Waals surface area contributed by atoms with Crippen LogP contribution in [0.15, 0.2) is 47.6 Å². The van der Waals surface area contributed by atoms with Crippen LogP contribution in [0.5, 0.6) is 11.5 Å². The lowest BCUT2D eigenvalue weighted by atomic mass is 9.94. The van der Waals surface area contributed by atoms with Gasteiger partial charge >= 0.3 is 0 Å². The number of rotatable bonds is 8. The number of oxime groups is 1. The molecule has 0 radical (unpaired) electrons. The highest BCUT2D eigenvalue weighted by atomic mass is 16.6. The van der Waals surface area contributed by atoms with Crippen LogP contribution in [-0.4, -0.2) is 57.2 Å². The highest BCUT2D eigenvalue weighted by Crippen LogP contribution is 2.33. The van der Waals surface area contributed by atoms with E-state index in [1.165, 1.54) is 11.1 Å². The molecule has 154 valence electrons. The van der Waals surface area contributed by atoms with Crippen LogP contribution in [0.25, 0.3) is 0 Å². The minimum atomic E-state index is 0.129. The third kappa shape index (κ3) is 4.38. The van der Waals surface area contributed by atoms with Crippen molar-refractivity contribution in [2.45, 2.75) is 19.6 Å². The number of aryl methyl sites for hydroxylation is 1. The Hall–Kier alpha value is -2.57. The zero-order valence-corrected chi connectivity index (χ0v) is 17.3. The summed E-state index contributed by atoms with van der Waals surface area (Å²) < 4.78 is 16.3. The van der Waals surface area contributed by atoms with E-state index in [4.69, 9.17) is 19.0 Å². The molecule has 2 atom stereocenters. The number of fused-ring (bicyclic) bond motifs is 1. The van der Waals surface area contributed by atoms with Gasteiger partial charge in [-0.2, -0.15) is 0 Å². The van der Waals surface area contributed by atoms with Crippen molar-refractivity contribution >= 4 is 5.71 Å². The number of hydrogen-bond donors (Lipinski definition) is 0. The van der Waals surface area contributed by atoms with Crippen LogP contribution in [0.2, 0.25) is 0 Å². The topological polar surface area (TPSA) is 52.5 Å². The Balaban J connectivity index is 1.40. The van der Waals surface area contributed by atoms with Gasteiger partial charge in [-0.1, -0.05) is 41.1 Å². The summed E-state index contributed by atoms with van der Waals surface area (Å²) in [5.41, 5.74) is 4.66. The molecule has 2 aromatic rings. The molecule has 2 aromatic carbocycles. The second-order valence-electron chi connectivity index (χ2n) is 7.61. The Bertz CT molecular complexity index is 866. The number of hydrogen-bond acceptors (Lipinski definition) is 6. The van der Waals surface area contributed by atoms with E-state index < -0.39 is 0 Å². The van der Waals surface area contributed by atoms with E-state index in [-0.39, 0.29) is 6.10 Å². The molecule has 0 spiro atoms. The number of methoxy groups -OCH3 is 2. The molecule has 2 aliphatic rings. The molecule has 0 N–H and O–H groups in total. The molecule has 0 bridgehead atoms. The van der Waals surface area contributed by atoms with Crippen LogP contribution in [0.1, 0.15) is 16.7 Å². The molecule has 1 fully saturated rings. The zero-order valence-electron chi connectivity index (χ0n) is 17.3. The monoisotopic (exact) mass is 396 g/mol. The fraction of sp³-hybridized carbons (Fsp3) is 0.435. The summed E-state index contributed by atoms with van der Waals surface area (Å²) in [6.45, 7) is 5.79. The lowest BCUT2D eigenvalue weighted by molar-refractivity contribution is 0.0745. The van der Waals surface area contributed by atoms with E-state index in [1.54, 1.807) is 14.2 Å². The highest BCUT2D eigenvalue weighted by Gasteiger charge is 2.42. The Labute approximate surface area is 172 Å². The van der Waals surface area contributed by atoms with Crippen molar-refractivity contribution in [3.8, 4) is 11.5 Å². The Morgan fingerprint density at radius 2 is 1.86 bits per heavy atom. The molecule has 1 saturated heterocycles. The third-order valence-electron chi connectivity index (χ3n) is 5.51. The quantitative estimate of drug-likeness (QED) is 0.641. The number of benzene rings is 2. The van der Waals surface area contributed by atoms with Gasteiger partial charge in [0.1, 0.15) is 12.7 Å². The van der Waals surface area contributed by atoms with Crippen LogP contribution in [0.3, 0.4) is 0 Å². The van der Waals surface area contributed by atoms with E-state index in [0.29, 0.717) is 19.1 Å².